The minimum absolute atomic E-state index is 0.189. The molecule has 4 nitrogen and oxygen atoms in total. The lowest BCUT2D eigenvalue weighted by Crippen LogP contribution is -2.36. The van der Waals surface area contributed by atoms with Gasteiger partial charge in [0, 0.05) is 0 Å². The monoisotopic (exact) mass is 247 g/mol. The molecule has 0 aromatic heterocycles. The lowest BCUT2D eigenvalue weighted by molar-refractivity contribution is 0.135. The summed E-state index contributed by atoms with van der Waals surface area (Å²) in [5, 5.41) is 9.88. The smallest absolute Gasteiger partial charge is 0.220 e. The second kappa shape index (κ2) is 3.21. The van der Waals surface area contributed by atoms with Crippen molar-refractivity contribution in [3.8, 4) is 0 Å². The summed E-state index contributed by atoms with van der Waals surface area (Å²) >= 11 is 0. The van der Waals surface area contributed by atoms with Crippen LogP contribution in [0.5, 0.6) is 0 Å². The quantitative estimate of drug-likeness (QED) is 0.706. The van der Waals surface area contributed by atoms with E-state index in [9.17, 15) is 13.5 Å². The molecule has 2 fully saturated rings. The molecule has 0 aromatic rings. The van der Waals surface area contributed by atoms with Crippen molar-refractivity contribution in [1.82, 2.24) is 4.31 Å². The fourth-order valence-electron chi connectivity index (χ4n) is 2.80. The number of nitrogens with zero attached hydrogens (tertiary/aromatic N) is 1. The van der Waals surface area contributed by atoms with Gasteiger partial charge in [0.25, 0.3) is 0 Å². The summed E-state index contributed by atoms with van der Waals surface area (Å²) < 4.78 is 25.4. The molecule has 2 rings (SSSR count). The Morgan fingerprint density at radius 2 is 1.94 bits per heavy atom. The summed E-state index contributed by atoms with van der Waals surface area (Å²) in [5.74, 6) is 0. The van der Waals surface area contributed by atoms with E-state index in [1.165, 1.54) is 4.31 Å². The highest BCUT2D eigenvalue weighted by Gasteiger charge is 2.70. The molecule has 1 heterocycles. The summed E-state index contributed by atoms with van der Waals surface area (Å²) in [6.07, 6.45) is 2.00. The maximum Gasteiger partial charge on any atom is 0.220 e. The summed E-state index contributed by atoms with van der Waals surface area (Å²) in [7, 11) is -3.30. The second-order valence-corrected chi connectivity index (χ2v) is 8.74. The molecule has 1 N–H and O–H groups in total. The van der Waals surface area contributed by atoms with Crippen LogP contribution in [0.4, 0.5) is 0 Å². The van der Waals surface area contributed by atoms with Crippen molar-refractivity contribution < 1.29 is 13.5 Å². The van der Waals surface area contributed by atoms with Gasteiger partial charge in [0.15, 0.2) is 0 Å². The van der Waals surface area contributed by atoms with Crippen LogP contribution >= 0.6 is 0 Å². The predicted molar refractivity (Wildman–Crippen MR) is 62.6 cm³/mol. The Kier molecular flexibility index (Phi) is 2.47. The third kappa shape index (κ3) is 1.45. The van der Waals surface area contributed by atoms with E-state index in [0.29, 0.717) is 0 Å². The van der Waals surface area contributed by atoms with Gasteiger partial charge < -0.3 is 5.11 Å². The Morgan fingerprint density at radius 3 is 2.38 bits per heavy atom. The predicted octanol–water partition coefficient (Wildman–Crippen LogP) is 1.10. The fourth-order valence-corrected chi connectivity index (χ4v) is 4.76. The standard InChI is InChI=1S/C11H21NO3S/c1-10(2,3)16(14,15)12-9-8(13)6-5-7-11(9,12)4/h8-9,13H,5-7H2,1-4H3/t8-,9-,11+,12?/m1/s1. The molecular weight excluding hydrogens is 226 g/mol. The van der Waals surface area contributed by atoms with E-state index in [2.05, 4.69) is 0 Å². The van der Waals surface area contributed by atoms with Gasteiger partial charge in [0.2, 0.25) is 10.0 Å². The van der Waals surface area contributed by atoms with Gasteiger partial charge in [-0.05, 0) is 47.0 Å². The zero-order valence-electron chi connectivity index (χ0n) is 10.4. The Morgan fingerprint density at radius 1 is 1.38 bits per heavy atom. The van der Waals surface area contributed by atoms with Crippen LogP contribution in [0.3, 0.4) is 0 Å². The van der Waals surface area contributed by atoms with Crippen LogP contribution in [-0.2, 0) is 10.0 Å². The molecule has 2 aliphatic rings. The number of aliphatic hydroxyl groups excluding tert-OH is 1. The average Bonchev–Trinajstić information content (AvgIpc) is 2.71. The fraction of sp³-hybridized carbons (Fsp3) is 1.00. The topological polar surface area (TPSA) is 57.4 Å². The van der Waals surface area contributed by atoms with Crippen LogP contribution in [0.15, 0.2) is 0 Å². The molecule has 1 unspecified atom stereocenters. The molecule has 0 amide bonds. The molecule has 4 atom stereocenters. The number of fused-ring (bicyclic) bond motifs is 1. The number of aliphatic hydroxyl groups is 1. The average molecular weight is 247 g/mol. The minimum atomic E-state index is -3.30. The summed E-state index contributed by atoms with van der Waals surface area (Å²) in [6, 6.07) is -0.189. The first kappa shape index (κ1) is 12.3. The molecule has 16 heavy (non-hydrogen) atoms. The highest BCUT2D eigenvalue weighted by Crippen LogP contribution is 2.54. The molecule has 1 saturated carbocycles. The number of hydrogen-bond donors (Lipinski definition) is 1. The number of rotatable bonds is 1. The molecule has 0 bridgehead atoms. The van der Waals surface area contributed by atoms with Gasteiger partial charge in [-0.1, -0.05) is 0 Å². The van der Waals surface area contributed by atoms with Crippen LogP contribution in [0, 0.1) is 0 Å². The first-order valence-corrected chi connectivity index (χ1v) is 7.28. The van der Waals surface area contributed by atoms with Gasteiger partial charge >= 0.3 is 0 Å². The van der Waals surface area contributed by atoms with Crippen molar-refractivity contribution in [2.24, 2.45) is 0 Å². The van der Waals surface area contributed by atoms with E-state index >= 15 is 0 Å². The molecule has 1 aliphatic carbocycles. The van der Waals surface area contributed by atoms with Crippen LogP contribution in [0.1, 0.15) is 47.0 Å². The summed E-state index contributed by atoms with van der Waals surface area (Å²) in [4.78, 5) is 0. The normalized spacial score (nSPS) is 43.9. The molecule has 0 radical (unpaired) electrons. The van der Waals surface area contributed by atoms with Crippen molar-refractivity contribution in [2.75, 3.05) is 0 Å². The molecule has 0 spiro atoms. The van der Waals surface area contributed by atoms with E-state index in [-0.39, 0.29) is 11.6 Å². The molecule has 0 aromatic carbocycles. The first-order chi connectivity index (χ1) is 7.12. The van der Waals surface area contributed by atoms with E-state index in [1.807, 2.05) is 6.92 Å². The van der Waals surface area contributed by atoms with Gasteiger partial charge in [0.1, 0.15) is 0 Å². The van der Waals surface area contributed by atoms with Crippen LogP contribution in [0.2, 0.25) is 0 Å². The van der Waals surface area contributed by atoms with Crippen LogP contribution in [-0.4, -0.2) is 40.3 Å². The molecule has 1 aliphatic heterocycles. The van der Waals surface area contributed by atoms with E-state index < -0.39 is 20.9 Å². The van der Waals surface area contributed by atoms with Gasteiger partial charge in [-0.3, -0.25) is 0 Å². The second-order valence-electron chi connectivity index (χ2n) is 6.17. The van der Waals surface area contributed by atoms with Crippen molar-refractivity contribution in [1.29, 1.82) is 0 Å². The third-order valence-electron chi connectivity index (χ3n) is 3.91. The molecule has 94 valence electrons. The van der Waals surface area contributed by atoms with Gasteiger partial charge in [-0.15, -0.1) is 0 Å². The lowest BCUT2D eigenvalue weighted by atomic mass is 9.89. The van der Waals surface area contributed by atoms with E-state index in [4.69, 9.17) is 0 Å². The molecule has 1 saturated heterocycles. The zero-order valence-corrected chi connectivity index (χ0v) is 11.2. The Balaban J connectivity index is 2.33. The van der Waals surface area contributed by atoms with Crippen molar-refractivity contribution in [2.45, 2.75) is 69.4 Å². The lowest BCUT2D eigenvalue weighted by Gasteiger charge is -2.22. The van der Waals surface area contributed by atoms with Crippen molar-refractivity contribution >= 4 is 10.0 Å². The third-order valence-corrected chi connectivity index (χ3v) is 6.62. The highest BCUT2D eigenvalue weighted by atomic mass is 32.2. The van der Waals surface area contributed by atoms with Crippen molar-refractivity contribution in [3.05, 3.63) is 0 Å². The number of sulfonamides is 1. The molecular formula is C11H21NO3S. The van der Waals surface area contributed by atoms with Crippen LogP contribution in [0.25, 0.3) is 0 Å². The first-order valence-electron chi connectivity index (χ1n) is 5.84. The van der Waals surface area contributed by atoms with E-state index in [1.54, 1.807) is 20.8 Å². The van der Waals surface area contributed by atoms with Gasteiger partial charge in [0.05, 0.1) is 22.4 Å². The van der Waals surface area contributed by atoms with Crippen molar-refractivity contribution in [3.63, 3.8) is 0 Å². The number of hydrogen-bond acceptors (Lipinski definition) is 3. The maximum absolute atomic E-state index is 12.3. The van der Waals surface area contributed by atoms with Gasteiger partial charge in [-0.25, -0.2) is 8.42 Å². The Hall–Kier alpha value is -0.130. The van der Waals surface area contributed by atoms with Crippen LogP contribution < -0.4 is 0 Å². The molecule has 5 heteroatoms. The van der Waals surface area contributed by atoms with Gasteiger partial charge in [-0.2, -0.15) is 4.31 Å². The largest absolute Gasteiger partial charge is 0.391 e. The summed E-state index contributed by atoms with van der Waals surface area (Å²) in [6.45, 7) is 7.08. The Bertz CT molecular complexity index is 398. The Labute approximate surface area is 97.7 Å². The minimum Gasteiger partial charge on any atom is -0.391 e. The summed E-state index contributed by atoms with van der Waals surface area (Å²) in [5.41, 5.74) is -0.330. The highest BCUT2D eigenvalue weighted by molar-refractivity contribution is 7.90. The zero-order chi connectivity index (χ0) is 12.4. The maximum atomic E-state index is 12.3. The SMILES string of the molecule is CC(C)(C)S(=O)(=O)N1[C@@H]2[C@H](O)CCC[C@@]21C. The van der Waals surface area contributed by atoms with E-state index in [0.717, 1.165) is 19.3 Å².